The molecule has 1 aliphatic carbocycles. The van der Waals surface area contributed by atoms with Crippen molar-refractivity contribution >= 4 is 0 Å². The van der Waals surface area contributed by atoms with Crippen LogP contribution in [0.15, 0.2) is 127 Å². The fourth-order valence-corrected chi connectivity index (χ4v) is 5.57. The van der Waals surface area contributed by atoms with Crippen LogP contribution in [0.5, 0.6) is 0 Å². The quantitative estimate of drug-likeness (QED) is 0.278. The van der Waals surface area contributed by atoms with Crippen molar-refractivity contribution < 1.29 is 0 Å². The molecule has 0 aliphatic heterocycles. The standard InChI is InChI=1S/C32H24/c1-23-21-28(24-13-5-2-6-14-24)31-29(22-23)27-19-11-12-20-30(27)32(31,25-15-7-3-8-16-25)26-17-9-4-10-18-26/h2-22H,1H3. The molecule has 0 saturated carbocycles. The van der Waals surface area contributed by atoms with Crippen molar-refractivity contribution in [1.82, 2.24) is 0 Å². The van der Waals surface area contributed by atoms with Gasteiger partial charge in [-0.2, -0.15) is 0 Å². The second-order valence-corrected chi connectivity index (χ2v) is 8.63. The maximum absolute atomic E-state index is 2.37. The Morgan fingerprint density at radius 3 is 1.59 bits per heavy atom. The third-order valence-corrected chi connectivity index (χ3v) is 6.78. The lowest BCUT2D eigenvalue weighted by Gasteiger charge is -2.35. The minimum Gasteiger partial charge on any atom is -0.0622 e. The molecule has 0 nitrogen and oxygen atoms in total. The average Bonchev–Trinajstić information content (AvgIpc) is 3.16. The van der Waals surface area contributed by atoms with Gasteiger partial charge >= 0.3 is 0 Å². The van der Waals surface area contributed by atoms with Crippen LogP contribution in [0.4, 0.5) is 0 Å². The van der Waals surface area contributed by atoms with E-state index in [1.807, 2.05) is 0 Å². The Morgan fingerprint density at radius 2 is 0.969 bits per heavy atom. The molecule has 1 aliphatic rings. The van der Waals surface area contributed by atoms with Crippen molar-refractivity contribution in [1.29, 1.82) is 0 Å². The van der Waals surface area contributed by atoms with Crippen LogP contribution < -0.4 is 0 Å². The van der Waals surface area contributed by atoms with E-state index >= 15 is 0 Å². The monoisotopic (exact) mass is 408 g/mol. The highest BCUT2D eigenvalue weighted by atomic mass is 14.5. The Labute approximate surface area is 189 Å². The lowest BCUT2D eigenvalue weighted by molar-refractivity contribution is 0.770. The molecule has 32 heavy (non-hydrogen) atoms. The molecule has 0 N–H and O–H groups in total. The molecule has 0 saturated heterocycles. The summed E-state index contributed by atoms with van der Waals surface area (Å²) in [7, 11) is 0. The molecule has 0 aromatic heterocycles. The number of fused-ring (bicyclic) bond motifs is 3. The SMILES string of the molecule is Cc1cc(-c2ccccc2)c2c(c1)-c1ccccc1C2(c1ccccc1)c1ccccc1. The fraction of sp³-hybridized carbons (Fsp3) is 0.0625. The zero-order valence-electron chi connectivity index (χ0n) is 18.1. The average molecular weight is 409 g/mol. The maximum Gasteiger partial charge on any atom is 0.0719 e. The van der Waals surface area contributed by atoms with Gasteiger partial charge in [0.15, 0.2) is 0 Å². The van der Waals surface area contributed by atoms with Crippen molar-refractivity contribution in [3.63, 3.8) is 0 Å². The van der Waals surface area contributed by atoms with Crippen LogP contribution in [0.1, 0.15) is 27.8 Å². The summed E-state index contributed by atoms with van der Waals surface area (Å²) in [4.78, 5) is 0. The zero-order chi connectivity index (χ0) is 21.5. The van der Waals surface area contributed by atoms with Gasteiger partial charge in [0.05, 0.1) is 5.41 Å². The molecule has 0 heteroatoms. The summed E-state index contributed by atoms with van der Waals surface area (Å²) in [5.41, 5.74) is 11.5. The third-order valence-electron chi connectivity index (χ3n) is 6.78. The van der Waals surface area contributed by atoms with E-state index in [1.54, 1.807) is 0 Å². The molecule has 0 unspecified atom stereocenters. The molecule has 0 amide bonds. The van der Waals surface area contributed by atoms with Crippen LogP contribution in [-0.2, 0) is 5.41 Å². The van der Waals surface area contributed by atoms with Crippen LogP contribution in [0.2, 0.25) is 0 Å². The first kappa shape index (κ1) is 18.8. The minimum absolute atomic E-state index is 0.368. The van der Waals surface area contributed by atoms with Crippen LogP contribution in [0, 0.1) is 6.92 Å². The number of aryl methyl sites for hydroxylation is 1. The van der Waals surface area contributed by atoms with Gasteiger partial charge in [-0.1, -0.05) is 127 Å². The highest BCUT2D eigenvalue weighted by Gasteiger charge is 2.47. The molecular weight excluding hydrogens is 384 g/mol. The van der Waals surface area contributed by atoms with Crippen molar-refractivity contribution in [2.45, 2.75) is 12.3 Å². The molecule has 152 valence electrons. The van der Waals surface area contributed by atoms with E-state index in [2.05, 4.69) is 134 Å². The third kappa shape index (κ3) is 2.63. The van der Waals surface area contributed by atoms with E-state index in [0.29, 0.717) is 0 Å². The van der Waals surface area contributed by atoms with E-state index in [9.17, 15) is 0 Å². The van der Waals surface area contributed by atoms with Gasteiger partial charge in [0.1, 0.15) is 0 Å². The second-order valence-electron chi connectivity index (χ2n) is 8.63. The van der Waals surface area contributed by atoms with E-state index in [4.69, 9.17) is 0 Å². The first-order chi connectivity index (χ1) is 15.8. The minimum atomic E-state index is -0.368. The summed E-state index contributed by atoms with van der Waals surface area (Å²) in [6.07, 6.45) is 0. The maximum atomic E-state index is 2.37. The smallest absolute Gasteiger partial charge is 0.0622 e. The highest BCUT2D eigenvalue weighted by molar-refractivity contribution is 5.93. The first-order valence-electron chi connectivity index (χ1n) is 11.2. The summed E-state index contributed by atoms with van der Waals surface area (Å²) in [5, 5.41) is 0. The van der Waals surface area contributed by atoms with E-state index in [1.165, 1.54) is 50.1 Å². The number of hydrogen-bond donors (Lipinski definition) is 0. The molecule has 5 aromatic carbocycles. The lowest BCUT2D eigenvalue weighted by atomic mass is 9.66. The molecular formula is C32H24. The topological polar surface area (TPSA) is 0 Å². The van der Waals surface area contributed by atoms with Crippen molar-refractivity contribution in [2.24, 2.45) is 0 Å². The molecule has 0 heterocycles. The highest BCUT2D eigenvalue weighted by Crippen LogP contribution is 2.58. The number of benzene rings is 5. The van der Waals surface area contributed by atoms with E-state index in [-0.39, 0.29) is 5.41 Å². The Kier molecular flexibility index (Phi) is 4.33. The van der Waals surface area contributed by atoms with Crippen LogP contribution in [0.25, 0.3) is 22.3 Å². The summed E-state index contributed by atoms with van der Waals surface area (Å²) in [6.45, 7) is 2.21. The zero-order valence-corrected chi connectivity index (χ0v) is 18.1. The van der Waals surface area contributed by atoms with Crippen LogP contribution in [0.3, 0.4) is 0 Å². The summed E-state index contributed by atoms with van der Waals surface area (Å²) < 4.78 is 0. The van der Waals surface area contributed by atoms with Crippen LogP contribution >= 0.6 is 0 Å². The van der Waals surface area contributed by atoms with Crippen molar-refractivity contribution in [3.05, 3.63) is 155 Å². The summed E-state index contributed by atoms with van der Waals surface area (Å²) in [6, 6.07) is 46.5. The predicted octanol–water partition coefficient (Wildman–Crippen LogP) is 8.03. The van der Waals surface area contributed by atoms with Gasteiger partial charge in [-0.25, -0.2) is 0 Å². The Bertz CT molecular complexity index is 1360. The second kappa shape index (κ2) is 7.35. The summed E-state index contributed by atoms with van der Waals surface area (Å²) in [5.74, 6) is 0. The molecule has 0 atom stereocenters. The Balaban J connectivity index is 1.84. The van der Waals surface area contributed by atoms with Gasteiger partial charge in [-0.3, -0.25) is 0 Å². The van der Waals surface area contributed by atoms with Gasteiger partial charge in [-0.15, -0.1) is 0 Å². The van der Waals surface area contributed by atoms with E-state index in [0.717, 1.165) is 0 Å². The van der Waals surface area contributed by atoms with Gasteiger partial charge in [0.25, 0.3) is 0 Å². The predicted molar refractivity (Wildman–Crippen MR) is 134 cm³/mol. The van der Waals surface area contributed by atoms with E-state index < -0.39 is 0 Å². The summed E-state index contributed by atoms with van der Waals surface area (Å²) >= 11 is 0. The molecule has 0 radical (unpaired) electrons. The largest absolute Gasteiger partial charge is 0.0719 e. The molecule has 5 aromatic rings. The van der Waals surface area contributed by atoms with Crippen molar-refractivity contribution in [2.75, 3.05) is 0 Å². The van der Waals surface area contributed by atoms with Gasteiger partial charge < -0.3 is 0 Å². The first-order valence-corrected chi connectivity index (χ1v) is 11.2. The lowest BCUT2D eigenvalue weighted by Crippen LogP contribution is -2.29. The fourth-order valence-electron chi connectivity index (χ4n) is 5.57. The van der Waals surface area contributed by atoms with Gasteiger partial charge in [-0.05, 0) is 57.0 Å². The van der Waals surface area contributed by atoms with Crippen molar-refractivity contribution in [3.8, 4) is 22.3 Å². The Morgan fingerprint density at radius 1 is 0.469 bits per heavy atom. The van der Waals surface area contributed by atoms with Gasteiger partial charge in [0.2, 0.25) is 0 Å². The Hall–Kier alpha value is -3.90. The molecule has 0 bridgehead atoms. The molecule has 0 spiro atoms. The molecule has 6 rings (SSSR count). The normalized spacial score (nSPS) is 13.4. The van der Waals surface area contributed by atoms with Gasteiger partial charge in [0, 0.05) is 0 Å². The van der Waals surface area contributed by atoms with Crippen LogP contribution in [-0.4, -0.2) is 0 Å². The molecule has 0 fully saturated rings. The number of hydrogen-bond acceptors (Lipinski definition) is 0. The number of rotatable bonds is 3.